The molecular weight excluding hydrogens is 305 g/mol. The van der Waals surface area contributed by atoms with Crippen LogP contribution in [0.15, 0.2) is 24.4 Å². The molecule has 21 heavy (non-hydrogen) atoms. The highest BCUT2D eigenvalue weighted by molar-refractivity contribution is 7.10. The van der Waals surface area contributed by atoms with Gasteiger partial charge >= 0.3 is 6.18 Å². The summed E-state index contributed by atoms with van der Waals surface area (Å²) in [6.45, 7) is 2.26. The average molecular weight is 316 g/mol. The Bertz CT molecular complexity index is 628. The van der Waals surface area contributed by atoms with Gasteiger partial charge in [0.2, 0.25) is 0 Å². The van der Waals surface area contributed by atoms with Crippen LogP contribution < -0.4 is 10.6 Å². The Hall–Kier alpha value is -2.16. The largest absolute Gasteiger partial charge is 0.416 e. The number of rotatable bonds is 4. The van der Waals surface area contributed by atoms with Gasteiger partial charge in [-0.1, -0.05) is 4.49 Å². The van der Waals surface area contributed by atoms with Crippen LogP contribution in [0.4, 0.5) is 23.9 Å². The lowest BCUT2D eigenvalue weighted by molar-refractivity contribution is -0.137. The molecule has 0 aliphatic heterocycles. The molecule has 0 aliphatic carbocycles. The summed E-state index contributed by atoms with van der Waals surface area (Å²) in [4.78, 5) is 12.1. The van der Waals surface area contributed by atoms with Crippen LogP contribution >= 0.6 is 11.5 Å². The molecule has 1 aromatic heterocycles. The van der Waals surface area contributed by atoms with Crippen molar-refractivity contribution in [2.24, 2.45) is 0 Å². The molecule has 0 saturated heterocycles. The van der Waals surface area contributed by atoms with Crippen LogP contribution in [-0.4, -0.2) is 22.0 Å². The van der Waals surface area contributed by atoms with Gasteiger partial charge in [0.15, 0.2) is 0 Å². The van der Waals surface area contributed by atoms with Gasteiger partial charge in [-0.25, -0.2) is 0 Å². The first-order valence-electron chi connectivity index (χ1n) is 5.95. The van der Waals surface area contributed by atoms with Crippen molar-refractivity contribution in [3.05, 3.63) is 35.5 Å². The summed E-state index contributed by atoms with van der Waals surface area (Å²) in [5.41, 5.74) is -0.628. The predicted octanol–water partition coefficient (Wildman–Crippen LogP) is 3.24. The molecule has 2 rings (SSSR count). The molecule has 0 fully saturated rings. The minimum absolute atomic E-state index is 0.0833. The Balaban J connectivity index is 2.35. The lowest BCUT2D eigenvalue weighted by Crippen LogP contribution is -2.16. The summed E-state index contributed by atoms with van der Waals surface area (Å²) in [5, 5.41) is 9.23. The summed E-state index contributed by atoms with van der Waals surface area (Å²) < 4.78 is 41.8. The molecule has 0 aliphatic rings. The molecule has 0 spiro atoms. The fraction of sp³-hybridized carbons (Fsp3) is 0.250. The van der Waals surface area contributed by atoms with Crippen molar-refractivity contribution in [3.63, 3.8) is 0 Å². The first kappa shape index (κ1) is 15.2. The molecule has 1 heterocycles. The zero-order chi connectivity index (χ0) is 15.5. The lowest BCUT2D eigenvalue weighted by Gasteiger charge is -2.13. The van der Waals surface area contributed by atoms with Crippen LogP contribution in [0.5, 0.6) is 0 Å². The Morgan fingerprint density at radius 3 is 2.71 bits per heavy atom. The Kier molecular flexibility index (Phi) is 4.41. The summed E-state index contributed by atoms with van der Waals surface area (Å²) >= 11 is 0.939. The summed E-state index contributed by atoms with van der Waals surface area (Å²) in [7, 11) is 0. The second kappa shape index (κ2) is 6.08. The van der Waals surface area contributed by atoms with Crippen LogP contribution in [0.1, 0.15) is 22.8 Å². The van der Waals surface area contributed by atoms with E-state index in [1.54, 1.807) is 6.92 Å². The number of hydrogen-bond acceptors (Lipinski definition) is 5. The fourth-order valence-electron chi connectivity index (χ4n) is 1.65. The zero-order valence-electron chi connectivity index (χ0n) is 10.9. The molecule has 0 bridgehead atoms. The van der Waals surface area contributed by atoms with Gasteiger partial charge in [0, 0.05) is 23.8 Å². The van der Waals surface area contributed by atoms with E-state index in [9.17, 15) is 18.0 Å². The summed E-state index contributed by atoms with van der Waals surface area (Å²) in [5.74, 6) is -0.650. The molecule has 9 heteroatoms. The van der Waals surface area contributed by atoms with Crippen molar-refractivity contribution in [1.82, 2.24) is 9.59 Å². The minimum Gasteiger partial charge on any atom is -0.385 e. The molecule has 2 N–H and O–H groups in total. The van der Waals surface area contributed by atoms with Gasteiger partial charge in [0.1, 0.15) is 5.00 Å². The highest BCUT2D eigenvalue weighted by Crippen LogP contribution is 2.32. The van der Waals surface area contributed by atoms with Gasteiger partial charge in [0.25, 0.3) is 5.91 Å². The highest BCUT2D eigenvalue weighted by atomic mass is 32.1. The molecule has 0 atom stereocenters. The third kappa shape index (κ3) is 3.69. The smallest absolute Gasteiger partial charge is 0.385 e. The lowest BCUT2D eigenvalue weighted by atomic mass is 10.1. The number of nitrogens with one attached hydrogen (secondary N) is 2. The number of hydrogen-bond donors (Lipinski definition) is 2. The normalized spacial score (nSPS) is 11.2. The summed E-state index contributed by atoms with van der Waals surface area (Å²) in [6.07, 6.45) is -3.19. The summed E-state index contributed by atoms with van der Waals surface area (Å²) in [6, 6.07) is 3.00. The first-order valence-corrected chi connectivity index (χ1v) is 6.73. The Morgan fingerprint density at radius 1 is 1.38 bits per heavy atom. The second-order valence-corrected chi connectivity index (χ2v) is 4.81. The van der Waals surface area contributed by atoms with E-state index in [-0.39, 0.29) is 5.56 Å². The number of amides is 1. The Labute approximate surface area is 122 Å². The van der Waals surface area contributed by atoms with Crippen LogP contribution in [0.3, 0.4) is 0 Å². The van der Waals surface area contributed by atoms with E-state index >= 15 is 0 Å². The quantitative estimate of drug-likeness (QED) is 0.909. The number of anilines is 2. The van der Waals surface area contributed by atoms with Crippen molar-refractivity contribution < 1.29 is 18.0 Å². The maximum Gasteiger partial charge on any atom is 0.416 e. The molecule has 0 radical (unpaired) electrons. The van der Waals surface area contributed by atoms with Gasteiger partial charge in [0.05, 0.1) is 17.3 Å². The second-order valence-electron chi connectivity index (χ2n) is 4.02. The molecule has 0 unspecified atom stereocenters. The number of carbonyl (C=O) groups excluding carboxylic acids is 1. The average Bonchev–Trinajstić information content (AvgIpc) is 2.91. The van der Waals surface area contributed by atoms with Crippen LogP contribution in [0.2, 0.25) is 0 Å². The van der Waals surface area contributed by atoms with Crippen LogP contribution in [0, 0.1) is 0 Å². The SMILES string of the molecule is CCNc1ccc(C(F)(F)F)cc1C(=O)Nc1cnns1. The molecular formula is C12H11F3N4OS. The van der Waals surface area contributed by atoms with Crippen molar-refractivity contribution in [2.75, 3.05) is 17.2 Å². The van der Waals surface area contributed by atoms with Crippen molar-refractivity contribution >= 4 is 28.1 Å². The number of nitrogens with zero attached hydrogens (tertiary/aromatic N) is 2. The Morgan fingerprint density at radius 2 is 2.14 bits per heavy atom. The topological polar surface area (TPSA) is 66.9 Å². The van der Waals surface area contributed by atoms with Crippen molar-refractivity contribution in [3.8, 4) is 0 Å². The number of carbonyl (C=O) groups is 1. The van der Waals surface area contributed by atoms with Crippen LogP contribution in [-0.2, 0) is 6.18 Å². The molecule has 112 valence electrons. The van der Waals surface area contributed by atoms with Gasteiger partial charge < -0.3 is 10.6 Å². The van der Waals surface area contributed by atoms with E-state index in [1.165, 1.54) is 12.3 Å². The number of alkyl halides is 3. The van der Waals surface area contributed by atoms with Crippen molar-refractivity contribution in [1.29, 1.82) is 0 Å². The fourth-order valence-corrected chi connectivity index (χ4v) is 2.07. The third-order valence-electron chi connectivity index (χ3n) is 2.56. The molecule has 5 nitrogen and oxygen atoms in total. The molecule has 0 saturated carbocycles. The van der Waals surface area contributed by atoms with E-state index in [1.807, 2.05) is 0 Å². The van der Waals surface area contributed by atoms with E-state index in [2.05, 4.69) is 20.2 Å². The maximum atomic E-state index is 12.8. The zero-order valence-corrected chi connectivity index (χ0v) is 11.7. The predicted molar refractivity (Wildman–Crippen MR) is 73.5 cm³/mol. The van der Waals surface area contributed by atoms with E-state index < -0.39 is 17.6 Å². The maximum absolute atomic E-state index is 12.8. The van der Waals surface area contributed by atoms with E-state index in [4.69, 9.17) is 0 Å². The van der Waals surface area contributed by atoms with E-state index in [0.717, 1.165) is 23.7 Å². The highest BCUT2D eigenvalue weighted by Gasteiger charge is 2.31. The van der Waals surface area contributed by atoms with Gasteiger partial charge in [-0.15, -0.1) is 5.10 Å². The number of benzene rings is 1. The third-order valence-corrected chi connectivity index (χ3v) is 3.14. The molecule has 1 amide bonds. The van der Waals surface area contributed by atoms with E-state index in [0.29, 0.717) is 17.2 Å². The first-order chi connectivity index (χ1) is 9.91. The van der Waals surface area contributed by atoms with Gasteiger partial charge in [-0.3, -0.25) is 4.79 Å². The minimum atomic E-state index is -4.51. The van der Waals surface area contributed by atoms with Crippen LogP contribution in [0.25, 0.3) is 0 Å². The van der Waals surface area contributed by atoms with Crippen molar-refractivity contribution in [2.45, 2.75) is 13.1 Å². The number of aromatic nitrogens is 2. The number of halogens is 3. The molecule has 2 aromatic rings. The standard InChI is InChI=1S/C12H11F3N4OS/c1-2-16-9-4-3-7(12(13,14)15)5-8(9)11(20)18-10-6-17-19-21-10/h3-6,16H,2H2,1H3,(H,18,20). The monoisotopic (exact) mass is 316 g/mol. The van der Waals surface area contributed by atoms with Gasteiger partial charge in [-0.05, 0) is 25.1 Å². The van der Waals surface area contributed by atoms with Gasteiger partial charge in [-0.2, -0.15) is 13.2 Å². The molecule has 1 aromatic carbocycles.